The van der Waals surface area contributed by atoms with E-state index < -0.39 is 7.12 Å². The zero-order valence-corrected chi connectivity index (χ0v) is 7.59. The summed E-state index contributed by atoms with van der Waals surface area (Å²) in [6, 6.07) is 6.85. The Hall–Kier alpha value is -1.53. The minimum atomic E-state index is -1.50. The summed E-state index contributed by atoms with van der Waals surface area (Å²) in [7, 11) is -1.50. The van der Waals surface area contributed by atoms with Crippen LogP contribution in [0, 0.1) is 0 Å². The van der Waals surface area contributed by atoms with Crippen LogP contribution in [0.3, 0.4) is 0 Å². The van der Waals surface area contributed by atoms with Gasteiger partial charge in [-0.15, -0.1) is 0 Å². The molecule has 74 valence electrons. The maximum atomic E-state index is 9.01. The molecule has 6 N–H and O–H groups in total. The summed E-state index contributed by atoms with van der Waals surface area (Å²) >= 11 is 0. The predicted molar refractivity (Wildman–Crippen MR) is 55.8 cm³/mol. The first-order chi connectivity index (χ1) is 6.61. The average Bonchev–Trinajstić information content (AvgIpc) is 2.15. The molecule has 0 fully saturated rings. The van der Waals surface area contributed by atoms with Crippen molar-refractivity contribution in [1.29, 1.82) is 0 Å². The van der Waals surface area contributed by atoms with Crippen LogP contribution in [0.25, 0.3) is 0 Å². The number of hydrogen-bond acceptors (Lipinski definition) is 3. The fourth-order valence-corrected chi connectivity index (χ4v) is 1.11. The quantitative estimate of drug-likeness (QED) is 0.256. The highest BCUT2D eigenvalue weighted by atomic mass is 16.4. The van der Waals surface area contributed by atoms with E-state index in [4.69, 9.17) is 21.5 Å². The van der Waals surface area contributed by atoms with Gasteiger partial charge in [0.15, 0.2) is 5.96 Å². The maximum absolute atomic E-state index is 9.01. The van der Waals surface area contributed by atoms with Crippen molar-refractivity contribution < 1.29 is 10.0 Å². The molecule has 0 atom stereocenters. The van der Waals surface area contributed by atoms with Crippen LogP contribution in [0.1, 0.15) is 5.56 Å². The first-order valence-electron chi connectivity index (χ1n) is 4.10. The lowest BCUT2D eigenvalue weighted by Crippen LogP contribution is -2.33. The fraction of sp³-hybridized carbons (Fsp3) is 0.125. The molecule has 0 aliphatic carbocycles. The molecular formula is C8H12BN3O2. The molecule has 0 aromatic heterocycles. The van der Waals surface area contributed by atoms with Crippen LogP contribution < -0.4 is 16.9 Å². The number of benzene rings is 1. The van der Waals surface area contributed by atoms with E-state index in [9.17, 15) is 0 Å². The van der Waals surface area contributed by atoms with Crippen molar-refractivity contribution in [2.45, 2.75) is 6.54 Å². The van der Waals surface area contributed by atoms with Crippen molar-refractivity contribution in [2.75, 3.05) is 0 Å². The third-order valence-electron chi connectivity index (χ3n) is 1.77. The van der Waals surface area contributed by atoms with Crippen molar-refractivity contribution in [3.8, 4) is 0 Å². The molecule has 0 radical (unpaired) electrons. The first-order valence-corrected chi connectivity index (χ1v) is 4.10. The van der Waals surface area contributed by atoms with E-state index in [1.165, 1.54) is 0 Å². The van der Waals surface area contributed by atoms with E-state index in [2.05, 4.69) is 4.99 Å². The van der Waals surface area contributed by atoms with E-state index in [0.29, 0.717) is 11.0 Å². The van der Waals surface area contributed by atoms with E-state index in [0.717, 1.165) is 0 Å². The van der Waals surface area contributed by atoms with Gasteiger partial charge in [0.1, 0.15) is 0 Å². The molecule has 5 nitrogen and oxygen atoms in total. The van der Waals surface area contributed by atoms with Gasteiger partial charge in [-0.2, -0.15) is 0 Å². The fourth-order valence-electron chi connectivity index (χ4n) is 1.11. The van der Waals surface area contributed by atoms with Crippen molar-refractivity contribution in [3.05, 3.63) is 29.8 Å². The average molecular weight is 193 g/mol. The van der Waals surface area contributed by atoms with Gasteiger partial charge >= 0.3 is 7.12 Å². The molecule has 0 unspecified atom stereocenters. The number of aliphatic imine (C=N–C) groups is 1. The molecule has 0 bridgehead atoms. The summed E-state index contributed by atoms with van der Waals surface area (Å²) in [5.41, 5.74) is 11.4. The van der Waals surface area contributed by atoms with Gasteiger partial charge in [0.2, 0.25) is 0 Å². The SMILES string of the molecule is NC(N)=NCc1ccccc1B(O)O. The lowest BCUT2D eigenvalue weighted by molar-refractivity contribution is 0.425. The van der Waals surface area contributed by atoms with Crippen molar-refractivity contribution in [1.82, 2.24) is 0 Å². The largest absolute Gasteiger partial charge is 0.488 e. The Kier molecular flexibility index (Phi) is 3.50. The predicted octanol–water partition coefficient (Wildman–Crippen LogP) is -1.86. The molecular weight excluding hydrogens is 181 g/mol. The lowest BCUT2D eigenvalue weighted by Gasteiger charge is -2.05. The number of nitrogens with two attached hydrogens (primary N) is 2. The van der Waals surface area contributed by atoms with Gasteiger partial charge in [-0.05, 0) is 11.0 Å². The molecule has 0 heterocycles. The van der Waals surface area contributed by atoms with Gasteiger partial charge < -0.3 is 21.5 Å². The Morgan fingerprint density at radius 2 is 1.93 bits per heavy atom. The normalized spacial score (nSPS) is 9.57. The molecule has 0 saturated carbocycles. The van der Waals surface area contributed by atoms with Crippen molar-refractivity contribution in [3.63, 3.8) is 0 Å². The monoisotopic (exact) mass is 193 g/mol. The topological polar surface area (TPSA) is 105 Å². The summed E-state index contributed by atoms with van der Waals surface area (Å²) < 4.78 is 0. The minimum Gasteiger partial charge on any atom is -0.423 e. The summed E-state index contributed by atoms with van der Waals surface area (Å²) in [5, 5.41) is 18.0. The van der Waals surface area contributed by atoms with E-state index in [1.807, 2.05) is 0 Å². The van der Waals surface area contributed by atoms with Crippen LogP contribution >= 0.6 is 0 Å². The summed E-state index contributed by atoms with van der Waals surface area (Å²) in [4.78, 5) is 3.79. The number of hydrogen-bond donors (Lipinski definition) is 4. The van der Waals surface area contributed by atoms with Crippen LogP contribution in [0.5, 0.6) is 0 Å². The second-order valence-electron chi connectivity index (χ2n) is 2.81. The van der Waals surface area contributed by atoms with Crippen LogP contribution in [0.4, 0.5) is 0 Å². The molecule has 14 heavy (non-hydrogen) atoms. The van der Waals surface area contributed by atoms with Crippen LogP contribution in [-0.2, 0) is 6.54 Å². The third-order valence-corrected chi connectivity index (χ3v) is 1.77. The van der Waals surface area contributed by atoms with Crippen molar-refractivity contribution >= 4 is 18.5 Å². The summed E-state index contributed by atoms with van der Waals surface area (Å²) in [5.74, 6) is -0.0211. The summed E-state index contributed by atoms with van der Waals surface area (Å²) in [6.07, 6.45) is 0. The standard InChI is InChI=1S/C8H12BN3O2/c10-8(11)12-5-6-3-1-2-4-7(6)9(13)14/h1-4,13-14H,5H2,(H4,10,11,12). The highest BCUT2D eigenvalue weighted by Gasteiger charge is 2.14. The Balaban J connectivity index is 2.90. The summed E-state index contributed by atoms with van der Waals surface area (Å²) in [6.45, 7) is 0.246. The van der Waals surface area contributed by atoms with Crippen molar-refractivity contribution in [2.24, 2.45) is 16.5 Å². The van der Waals surface area contributed by atoms with E-state index >= 15 is 0 Å². The van der Waals surface area contributed by atoms with Crippen LogP contribution in [-0.4, -0.2) is 23.1 Å². The highest BCUT2D eigenvalue weighted by Crippen LogP contribution is 1.98. The minimum absolute atomic E-state index is 0.0211. The zero-order chi connectivity index (χ0) is 10.6. The highest BCUT2D eigenvalue weighted by molar-refractivity contribution is 6.59. The van der Waals surface area contributed by atoms with Gasteiger partial charge in [0.25, 0.3) is 0 Å². The molecule has 6 heteroatoms. The second-order valence-corrected chi connectivity index (χ2v) is 2.81. The second kappa shape index (κ2) is 4.64. The molecule has 0 saturated heterocycles. The lowest BCUT2D eigenvalue weighted by atomic mass is 9.77. The Bertz CT molecular complexity index is 337. The van der Waals surface area contributed by atoms with E-state index in [1.54, 1.807) is 24.3 Å². The van der Waals surface area contributed by atoms with Gasteiger partial charge in [0, 0.05) is 0 Å². The van der Waals surface area contributed by atoms with Crippen LogP contribution in [0.15, 0.2) is 29.3 Å². The third kappa shape index (κ3) is 2.76. The molecule has 0 spiro atoms. The van der Waals surface area contributed by atoms with Gasteiger partial charge in [-0.25, -0.2) is 4.99 Å². The Morgan fingerprint density at radius 3 is 2.50 bits per heavy atom. The van der Waals surface area contributed by atoms with Gasteiger partial charge in [0.05, 0.1) is 6.54 Å². The van der Waals surface area contributed by atoms with Gasteiger partial charge in [-0.3, -0.25) is 0 Å². The Morgan fingerprint density at radius 1 is 1.29 bits per heavy atom. The number of rotatable bonds is 3. The number of nitrogens with zero attached hydrogens (tertiary/aromatic N) is 1. The molecule has 0 amide bonds. The molecule has 0 aliphatic rings. The smallest absolute Gasteiger partial charge is 0.423 e. The molecule has 1 aromatic carbocycles. The first kappa shape index (κ1) is 10.6. The van der Waals surface area contributed by atoms with E-state index in [-0.39, 0.29) is 12.5 Å². The maximum Gasteiger partial charge on any atom is 0.488 e. The van der Waals surface area contributed by atoms with Crippen LogP contribution in [0.2, 0.25) is 0 Å². The van der Waals surface area contributed by atoms with Gasteiger partial charge in [-0.1, -0.05) is 24.3 Å². The molecule has 1 aromatic rings. The zero-order valence-electron chi connectivity index (χ0n) is 7.59. The molecule has 0 aliphatic heterocycles. The molecule has 1 rings (SSSR count). The Labute approximate surface area is 82.2 Å². The number of guanidine groups is 1.